The minimum atomic E-state index is 0.188. The van der Waals surface area contributed by atoms with Gasteiger partial charge < -0.3 is 10.4 Å². The predicted octanol–water partition coefficient (Wildman–Crippen LogP) is 0.962. The summed E-state index contributed by atoms with van der Waals surface area (Å²) in [7, 11) is 1.87. The number of nitrogens with one attached hydrogen (secondary N) is 1. The highest BCUT2D eigenvalue weighted by molar-refractivity contribution is 5.44. The van der Waals surface area contributed by atoms with Gasteiger partial charge >= 0.3 is 0 Å². The van der Waals surface area contributed by atoms with Gasteiger partial charge in [-0.05, 0) is 24.1 Å². The molecule has 2 rings (SSSR count). The van der Waals surface area contributed by atoms with Crippen molar-refractivity contribution in [2.75, 3.05) is 11.9 Å². The van der Waals surface area contributed by atoms with Crippen LogP contribution in [0.4, 0.5) is 5.69 Å². The van der Waals surface area contributed by atoms with Gasteiger partial charge in [0.2, 0.25) is 0 Å². The van der Waals surface area contributed by atoms with Crippen LogP contribution in [0, 0.1) is 0 Å². The van der Waals surface area contributed by atoms with Crippen LogP contribution in [-0.2, 0) is 20.0 Å². The number of anilines is 1. The molecule has 0 atom stereocenters. The number of nitrogens with zero attached hydrogens (tertiary/aromatic N) is 3. The maximum atomic E-state index is 8.82. The molecule has 0 amide bonds. The van der Waals surface area contributed by atoms with E-state index in [9.17, 15) is 0 Å². The second-order valence-electron chi connectivity index (χ2n) is 3.87. The van der Waals surface area contributed by atoms with E-state index in [4.69, 9.17) is 5.11 Å². The topological polar surface area (TPSA) is 63.0 Å². The lowest BCUT2D eigenvalue weighted by Crippen LogP contribution is -2.05. The minimum Gasteiger partial charge on any atom is -0.396 e. The largest absolute Gasteiger partial charge is 0.396 e. The van der Waals surface area contributed by atoms with Crippen molar-refractivity contribution in [2.45, 2.75) is 13.0 Å². The lowest BCUT2D eigenvalue weighted by molar-refractivity contribution is 0.299. The fourth-order valence-electron chi connectivity index (χ4n) is 1.58. The number of hydrogen-bond donors (Lipinski definition) is 2. The molecule has 0 bridgehead atoms. The van der Waals surface area contributed by atoms with Crippen molar-refractivity contribution in [3.63, 3.8) is 0 Å². The van der Waals surface area contributed by atoms with E-state index in [1.165, 1.54) is 0 Å². The van der Waals surface area contributed by atoms with E-state index in [0.717, 1.165) is 16.9 Å². The lowest BCUT2D eigenvalue weighted by atomic mass is 10.1. The molecule has 2 aromatic rings. The first kappa shape index (κ1) is 11.6. The van der Waals surface area contributed by atoms with Gasteiger partial charge in [-0.25, -0.2) is 0 Å². The summed E-state index contributed by atoms with van der Waals surface area (Å²) in [4.78, 5) is 0. The van der Waals surface area contributed by atoms with Gasteiger partial charge in [0.1, 0.15) is 0 Å². The maximum absolute atomic E-state index is 8.82. The molecule has 2 N–H and O–H groups in total. The molecule has 1 aromatic carbocycles. The Morgan fingerprint density at radius 3 is 2.65 bits per heavy atom. The fraction of sp³-hybridized carbons (Fsp3) is 0.333. The van der Waals surface area contributed by atoms with Crippen LogP contribution in [0.2, 0.25) is 0 Å². The lowest BCUT2D eigenvalue weighted by Gasteiger charge is -2.06. The molecule has 0 radical (unpaired) electrons. The van der Waals surface area contributed by atoms with Crippen LogP contribution in [0.5, 0.6) is 0 Å². The highest BCUT2D eigenvalue weighted by atomic mass is 16.2. The SMILES string of the molecule is Cn1nncc1CNc1ccc(CCO)cc1. The van der Waals surface area contributed by atoms with Crippen molar-refractivity contribution in [1.82, 2.24) is 15.0 Å². The van der Waals surface area contributed by atoms with Crippen molar-refractivity contribution < 1.29 is 5.11 Å². The molecule has 5 nitrogen and oxygen atoms in total. The Hall–Kier alpha value is -1.88. The monoisotopic (exact) mass is 232 g/mol. The van der Waals surface area contributed by atoms with Crippen LogP contribution in [-0.4, -0.2) is 26.7 Å². The van der Waals surface area contributed by atoms with E-state index in [1.54, 1.807) is 10.9 Å². The van der Waals surface area contributed by atoms with Gasteiger partial charge in [-0.3, -0.25) is 4.68 Å². The second kappa shape index (κ2) is 5.45. The van der Waals surface area contributed by atoms with Gasteiger partial charge in [-0.15, -0.1) is 5.10 Å². The van der Waals surface area contributed by atoms with E-state index in [-0.39, 0.29) is 6.61 Å². The standard InChI is InChI=1S/C12H16N4O/c1-16-12(9-14-15-16)8-13-11-4-2-10(3-5-11)6-7-17/h2-5,9,13,17H,6-8H2,1H3. The molecule has 1 heterocycles. The van der Waals surface area contributed by atoms with E-state index >= 15 is 0 Å². The highest BCUT2D eigenvalue weighted by Gasteiger charge is 1.99. The Morgan fingerprint density at radius 2 is 2.06 bits per heavy atom. The average Bonchev–Trinajstić information content (AvgIpc) is 2.75. The van der Waals surface area contributed by atoms with E-state index < -0.39 is 0 Å². The highest BCUT2D eigenvalue weighted by Crippen LogP contribution is 2.11. The Morgan fingerprint density at radius 1 is 1.29 bits per heavy atom. The molecule has 0 fully saturated rings. The average molecular weight is 232 g/mol. The molecule has 17 heavy (non-hydrogen) atoms. The van der Waals surface area contributed by atoms with Gasteiger partial charge in [-0.1, -0.05) is 17.3 Å². The summed E-state index contributed by atoms with van der Waals surface area (Å²) in [5.74, 6) is 0. The summed E-state index contributed by atoms with van der Waals surface area (Å²) in [5.41, 5.74) is 3.22. The van der Waals surface area contributed by atoms with Gasteiger partial charge in [0, 0.05) is 19.3 Å². The molecule has 1 aromatic heterocycles. The summed E-state index contributed by atoms with van der Waals surface area (Å²) < 4.78 is 1.74. The molecule has 0 spiro atoms. The van der Waals surface area contributed by atoms with Crippen molar-refractivity contribution in [1.29, 1.82) is 0 Å². The zero-order chi connectivity index (χ0) is 12.1. The normalized spacial score (nSPS) is 10.5. The summed E-state index contributed by atoms with van der Waals surface area (Å²) in [6, 6.07) is 8.05. The van der Waals surface area contributed by atoms with Crippen LogP contribution < -0.4 is 5.32 Å². The third-order valence-electron chi connectivity index (χ3n) is 2.64. The number of aromatic nitrogens is 3. The second-order valence-corrected chi connectivity index (χ2v) is 3.87. The van der Waals surface area contributed by atoms with E-state index in [2.05, 4.69) is 15.6 Å². The van der Waals surface area contributed by atoms with Gasteiger partial charge in [0.05, 0.1) is 18.4 Å². The molecule has 0 saturated carbocycles. The Bertz CT molecular complexity index is 464. The molecule has 0 aliphatic heterocycles. The number of hydrogen-bond acceptors (Lipinski definition) is 4. The third kappa shape index (κ3) is 3.04. The predicted molar refractivity (Wildman–Crippen MR) is 65.6 cm³/mol. The molecule has 90 valence electrons. The van der Waals surface area contributed by atoms with Gasteiger partial charge in [-0.2, -0.15) is 0 Å². The van der Waals surface area contributed by atoms with Crippen LogP contribution in [0.1, 0.15) is 11.3 Å². The van der Waals surface area contributed by atoms with Crippen LogP contribution in [0.15, 0.2) is 30.5 Å². The first-order chi connectivity index (χ1) is 8.29. The molecule has 0 aliphatic carbocycles. The third-order valence-corrected chi connectivity index (χ3v) is 2.64. The Balaban J connectivity index is 1.93. The smallest absolute Gasteiger partial charge is 0.0774 e. The van der Waals surface area contributed by atoms with Gasteiger partial charge in [0.25, 0.3) is 0 Å². The number of aliphatic hydroxyl groups excluding tert-OH is 1. The van der Waals surface area contributed by atoms with E-state index in [1.807, 2.05) is 31.3 Å². The number of aliphatic hydroxyl groups is 1. The van der Waals surface area contributed by atoms with Gasteiger partial charge in [0.15, 0.2) is 0 Å². The number of aryl methyl sites for hydroxylation is 1. The summed E-state index contributed by atoms with van der Waals surface area (Å²) >= 11 is 0. The molecule has 0 aliphatic rings. The number of rotatable bonds is 5. The van der Waals surface area contributed by atoms with Crippen LogP contribution in [0.25, 0.3) is 0 Å². The molecule has 5 heteroatoms. The van der Waals surface area contributed by atoms with Crippen LogP contribution in [0.3, 0.4) is 0 Å². The number of benzene rings is 1. The Labute approximate surface area is 100 Å². The molecule has 0 unspecified atom stereocenters. The van der Waals surface area contributed by atoms with Crippen molar-refractivity contribution >= 4 is 5.69 Å². The van der Waals surface area contributed by atoms with E-state index in [0.29, 0.717) is 13.0 Å². The fourth-order valence-corrected chi connectivity index (χ4v) is 1.58. The first-order valence-corrected chi connectivity index (χ1v) is 5.57. The van der Waals surface area contributed by atoms with Crippen molar-refractivity contribution in [3.8, 4) is 0 Å². The zero-order valence-electron chi connectivity index (χ0n) is 9.80. The minimum absolute atomic E-state index is 0.188. The zero-order valence-corrected chi connectivity index (χ0v) is 9.80. The van der Waals surface area contributed by atoms with Crippen molar-refractivity contribution in [3.05, 3.63) is 41.7 Å². The molecule has 0 saturated heterocycles. The summed E-state index contributed by atoms with van der Waals surface area (Å²) in [6.45, 7) is 0.885. The quantitative estimate of drug-likeness (QED) is 0.806. The van der Waals surface area contributed by atoms with Crippen LogP contribution >= 0.6 is 0 Å². The molecular formula is C12H16N4O. The molecular weight excluding hydrogens is 216 g/mol. The first-order valence-electron chi connectivity index (χ1n) is 5.57. The van der Waals surface area contributed by atoms with Crippen molar-refractivity contribution in [2.24, 2.45) is 7.05 Å². The Kier molecular flexibility index (Phi) is 3.72. The summed E-state index contributed by atoms with van der Waals surface area (Å²) in [5, 5.41) is 19.8. The maximum Gasteiger partial charge on any atom is 0.0774 e. The summed E-state index contributed by atoms with van der Waals surface area (Å²) in [6.07, 6.45) is 2.44.